The van der Waals surface area contributed by atoms with Crippen molar-refractivity contribution < 1.29 is 33.7 Å². The topological polar surface area (TPSA) is 127 Å². The molecule has 10 nitrogen and oxygen atoms in total. The number of likely N-dealkylation sites (tertiary alicyclic amines) is 1. The van der Waals surface area contributed by atoms with Gasteiger partial charge in [-0.15, -0.1) is 11.8 Å². The Kier molecular flexibility index (Phi) is 11.6. The average molecular weight is 730 g/mol. The highest BCUT2D eigenvalue weighted by molar-refractivity contribution is 7.99. The number of aliphatic hydroxyl groups excluding tert-OH is 1. The number of thioether (sulfide) groups is 1. The van der Waals surface area contributed by atoms with Gasteiger partial charge in [-0.05, 0) is 51.6 Å². The number of rotatable bonds is 12. The molecular formula is C42H39N3O7S. The number of carbonyl (C=O) groups excluding carboxylic acids is 3. The van der Waals surface area contributed by atoms with Crippen LogP contribution in [0, 0.1) is 0 Å². The lowest BCUT2D eigenvalue weighted by Crippen LogP contribution is -2.41. The van der Waals surface area contributed by atoms with E-state index in [2.05, 4.69) is 10.3 Å². The molecule has 2 saturated heterocycles. The zero-order valence-electron chi connectivity index (χ0n) is 28.9. The SMILES string of the molecule is O=C(NC1CC(=O)N(Cc2cccc(-c3ccc([C@H]4O[C@@H](CSc5ccccn5)C[C@@H](c5ccc(CO)cc5)O4)cc3)c2)C1=O)OCc1ccccc1. The average Bonchev–Trinajstić information content (AvgIpc) is 3.47. The molecule has 5 aromatic rings. The molecule has 3 amide bonds. The maximum absolute atomic E-state index is 13.1. The van der Waals surface area contributed by atoms with Gasteiger partial charge >= 0.3 is 6.09 Å². The minimum absolute atomic E-state index is 0.0174. The van der Waals surface area contributed by atoms with Crippen molar-refractivity contribution in [2.75, 3.05) is 5.75 Å². The van der Waals surface area contributed by atoms with Crippen LogP contribution in [0.25, 0.3) is 11.1 Å². The van der Waals surface area contributed by atoms with Crippen molar-refractivity contribution in [1.82, 2.24) is 15.2 Å². The zero-order chi connectivity index (χ0) is 36.6. The summed E-state index contributed by atoms with van der Waals surface area (Å²) in [7, 11) is 0. The normalized spacial score (nSPS) is 20.0. The fourth-order valence-electron chi connectivity index (χ4n) is 6.37. The van der Waals surface area contributed by atoms with Crippen molar-refractivity contribution in [2.45, 2.75) is 62.2 Å². The number of hydrogen-bond donors (Lipinski definition) is 2. The number of benzene rings is 4. The molecule has 1 aromatic heterocycles. The standard InChI is InChI=1S/C42H39N3O7S/c46-25-28-12-14-32(15-13-28)37-22-35(27-53-38-11-4-5-20-43-38)51-41(52-37)33-18-16-31(17-19-33)34-10-6-9-30(21-34)24-45-39(47)23-36(40(45)48)44-42(49)50-26-29-7-2-1-3-8-29/h1-21,35-37,41,46H,22-27H2,(H,44,49)/t35-,36?,37+,41+/m1/s1. The van der Waals surface area contributed by atoms with E-state index in [4.69, 9.17) is 14.2 Å². The van der Waals surface area contributed by atoms with Crippen LogP contribution in [0.1, 0.15) is 53.1 Å². The maximum Gasteiger partial charge on any atom is 0.408 e. The number of hydrogen-bond acceptors (Lipinski definition) is 9. The lowest BCUT2D eigenvalue weighted by Gasteiger charge is -2.36. The van der Waals surface area contributed by atoms with E-state index in [1.165, 1.54) is 4.90 Å². The van der Waals surface area contributed by atoms with Crippen LogP contribution in [-0.2, 0) is 43.6 Å². The van der Waals surface area contributed by atoms with Crippen LogP contribution in [0.5, 0.6) is 0 Å². The zero-order valence-corrected chi connectivity index (χ0v) is 29.7. The van der Waals surface area contributed by atoms with Gasteiger partial charge in [0.1, 0.15) is 12.6 Å². The predicted molar refractivity (Wildman–Crippen MR) is 199 cm³/mol. The van der Waals surface area contributed by atoms with Gasteiger partial charge in [0.05, 0.1) is 36.8 Å². The molecule has 2 aliphatic heterocycles. The summed E-state index contributed by atoms with van der Waals surface area (Å²) >= 11 is 1.65. The number of aromatic nitrogens is 1. The van der Waals surface area contributed by atoms with E-state index in [9.17, 15) is 19.5 Å². The summed E-state index contributed by atoms with van der Waals surface area (Å²) in [6.07, 6.45) is 0.711. The van der Waals surface area contributed by atoms with Crippen LogP contribution in [0.4, 0.5) is 4.79 Å². The number of nitrogens with one attached hydrogen (secondary N) is 1. The van der Waals surface area contributed by atoms with Crippen LogP contribution in [0.3, 0.4) is 0 Å². The summed E-state index contributed by atoms with van der Waals surface area (Å²) in [5, 5.41) is 13.0. The first kappa shape index (κ1) is 36.0. The van der Waals surface area contributed by atoms with Crippen LogP contribution in [0.2, 0.25) is 0 Å². The van der Waals surface area contributed by atoms with Gasteiger partial charge in [-0.2, -0.15) is 0 Å². The second-order valence-electron chi connectivity index (χ2n) is 12.9. The van der Waals surface area contributed by atoms with Crippen LogP contribution >= 0.6 is 11.8 Å². The van der Waals surface area contributed by atoms with E-state index in [1.54, 1.807) is 18.0 Å². The Morgan fingerprint density at radius 1 is 0.830 bits per heavy atom. The minimum atomic E-state index is -0.974. The van der Waals surface area contributed by atoms with Crippen molar-refractivity contribution in [3.05, 3.63) is 155 Å². The molecule has 0 spiro atoms. The summed E-state index contributed by atoms with van der Waals surface area (Å²) < 4.78 is 18.3. The number of alkyl carbamates (subject to hydrolysis) is 1. The molecule has 1 unspecified atom stereocenters. The van der Waals surface area contributed by atoms with Crippen molar-refractivity contribution in [3.63, 3.8) is 0 Å². The van der Waals surface area contributed by atoms with Gasteiger partial charge < -0.3 is 24.6 Å². The molecule has 53 heavy (non-hydrogen) atoms. The Morgan fingerprint density at radius 2 is 1.58 bits per heavy atom. The van der Waals surface area contributed by atoms with E-state index >= 15 is 0 Å². The number of nitrogens with zero attached hydrogens (tertiary/aromatic N) is 2. The third-order valence-corrected chi connectivity index (χ3v) is 10.3. The number of pyridine rings is 1. The van der Waals surface area contributed by atoms with Crippen molar-refractivity contribution in [1.29, 1.82) is 0 Å². The molecule has 270 valence electrons. The Hall–Kier alpha value is -5.33. The minimum Gasteiger partial charge on any atom is -0.445 e. The van der Waals surface area contributed by atoms with Gasteiger partial charge in [0.15, 0.2) is 6.29 Å². The third-order valence-electron chi connectivity index (χ3n) is 9.20. The van der Waals surface area contributed by atoms with Gasteiger partial charge in [-0.3, -0.25) is 14.5 Å². The second kappa shape index (κ2) is 17.0. The second-order valence-corrected chi connectivity index (χ2v) is 14.0. The van der Waals surface area contributed by atoms with Gasteiger partial charge in [0.25, 0.3) is 5.91 Å². The van der Waals surface area contributed by atoms with Crippen molar-refractivity contribution in [2.24, 2.45) is 0 Å². The Balaban J connectivity index is 0.998. The van der Waals surface area contributed by atoms with Crippen LogP contribution in [-0.4, -0.2) is 50.8 Å². The first-order valence-electron chi connectivity index (χ1n) is 17.5. The highest BCUT2D eigenvalue weighted by atomic mass is 32.2. The quantitative estimate of drug-likeness (QED) is 0.102. The summed E-state index contributed by atoms with van der Waals surface area (Å²) in [5.74, 6) is -0.109. The number of aliphatic hydroxyl groups is 1. The van der Waals surface area contributed by atoms with E-state index in [0.29, 0.717) is 12.2 Å². The molecule has 2 fully saturated rings. The van der Waals surface area contributed by atoms with E-state index in [0.717, 1.165) is 44.0 Å². The number of ether oxygens (including phenoxy) is 3. The monoisotopic (exact) mass is 729 g/mol. The molecule has 0 radical (unpaired) electrons. The molecule has 11 heteroatoms. The molecule has 3 heterocycles. The molecule has 0 saturated carbocycles. The van der Waals surface area contributed by atoms with Crippen molar-refractivity contribution >= 4 is 29.7 Å². The van der Waals surface area contributed by atoms with Gasteiger partial charge in [-0.1, -0.05) is 103 Å². The van der Waals surface area contributed by atoms with Crippen LogP contribution < -0.4 is 5.32 Å². The fourth-order valence-corrected chi connectivity index (χ4v) is 7.25. The van der Waals surface area contributed by atoms with Gasteiger partial charge in [0, 0.05) is 23.9 Å². The molecule has 2 N–H and O–H groups in total. The van der Waals surface area contributed by atoms with Crippen molar-refractivity contribution in [3.8, 4) is 11.1 Å². The number of carbonyl (C=O) groups is 3. The predicted octanol–water partition coefficient (Wildman–Crippen LogP) is 7.13. The fraction of sp³-hybridized carbons (Fsp3) is 0.238. The molecule has 2 aliphatic rings. The highest BCUT2D eigenvalue weighted by Crippen LogP contribution is 2.40. The largest absolute Gasteiger partial charge is 0.445 e. The number of amides is 3. The lowest BCUT2D eigenvalue weighted by molar-refractivity contribution is -0.245. The molecule has 4 aromatic carbocycles. The summed E-state index contributed by atoms with van der Waals surface area (Å²) in [6.45, 7) is 0.132. The van der Waals surface area contributed by atoms with Crippen LogP contribution in [0.15, 0.2) is 133 Å². The first-order chi connectivity index (χ1) is 25.9. The van der Waals surface area contributed by atoms with E-state index < -0.39 is 24.3 Å². The lowest BCUT2D eigenvalue weighted by atomic mass is 9.99. The summed E-state index contributed by atoms with van der Waals surface area (Å²) in [6, 6.07) is 37.6. The molecule has 0 aliphatic carbocycles. The smallest absolute Gasteiger partial charge is 0.408 e. The van der Waals surface area contributed by atoms with Gasteiger partial charge in [0.2, 0.25) is 5.91 Å². The Bertz CT molecular complexity index is 2010. The Labute approximate surface area is 312 Å². The summed E-state index contributed by atoms with van der Waals surface area (Å²) in [4.78, 5) is 44.0. The highest BCUT2D eigenvalue weighted by Gasteiger charge is 2.40. The summed E-state index contributed by atoms with van der Waals surface area (Å²) in [5.41, 5.74) is 6.21. The maximum atomic E-state index is 13.1. The number of imide groups is 1. The molecule has 0 bridgehead atoms. The van der Waals surface area contributed by atoms with E-state index in [-0.39, 0.29) is 44.3 Å². The molecular weight excluding hydrogens is 691 g/mol. The first-order valence-corrected chi connectivity index (χ1v) is 18.5. The molecule has 4 atom stereocenters. The van der Waals surface area contributed by atoms with E-state index in [1.807, 2.05) is 121 Å². The Morgan fingerprint density at radius 3 is 2.34 bits per heavy atom. The van der Waals surface area contributed by atoms with Gasteiger partial charge in [-0.25, -0.2) is 9.78 Å². The third kappa shape index (κ3) is 9.19. The molecule has 7 rings (SSSR count).